The Labute approximate surface area is 899 Å². The summed E-state index contributed by atoms with van der Waals surface area (Å²) < 4.78 is 42.7. The summed E-state index contributed by atoms with van der Waals surface area (Å²) in [5, 5.41) is 19.4. The minimum absolute atomic E-state index is 0.0405. The highest BCUT2D eigenvalue weighted by atomic mass is 16.6. The second-order valence-corrected chi connectivity index (χ2v) is 60.9. The lowest BCUT2D eigenvalue weighted by molar-refractivity contribution is -0.216. The van der Waals surface area contributed by atoms with Crippen LogP contribution in [0.25, 0.3) is 0 Å². The molecule has 16 nitrogen and oxygen atoms in total. The van der Waals surface area contributed by atoms with Crippen molar-refractivity contribution in [2.75, 3.05) is 0 Å². The van der Waals surface area contributed by atoms with Crippen LogP contribution in [-0.4, -0.2) is 103 Å². The first-order valence-corrected chi connectivity index (χ1v) is 63.8. The Morgan fingerprint density at radius 3 is 0.804 bits per heavy atom. The van der Waals surface area contributed by atoms with Gasteiger partial charge in [0, 0.05) is 0 Å². The summed E-state index contributed by atoms with van der Waals surface area (Å²) >= 11 is 0. The van der Waals surface area contributed by atoms with Crippen LogP contribution < -0.4 is 0 Å². The van der Waals surface area contributed by atoms with Crippen LogP contribution in [0.4, 0.5) is 0 Å². The Kier molecular flexibility index (Phi) is 34.5. The zero-order valence-corrected chi connectivity index (χ0v) is 98.4. The van der Waals surface area contributed by atoms with E-state index in [1.54, 1.807) is 0 Å². The van der Waals surface area contributed by atoms with Gasteiger partial charge in [0.2, 0.25) is 0 Å². The number of rotatable bonds is 18. The number of hydrogen-bond donors (Lipinski definition) is 2. The number of aliphatic hydroxyl groups is 2. The summed E-state index contributed by atoms with van der Waals surface area (Å²) in [7, 11) is 0. The summed E-state index contributed by atoms with van der Waals surface area (Å²) in [6, 6.07) is 0. The maximum Gasteiger partial charge on any atom is 0.309 e. The van der Waals surface area contributed by atoms with Crippen molar-refractivity contribution in [2.45, 2.75) is 514 Å². The Morgan fingerprint density at radius 2 is 0.520 bits per heavy atom. The van der Waals surface area contributed by atoms with Gasteiger partial charge in [-0.25, -0.2) is 0 Å². The third-order valence-corrected chi connectivity index (χ3v) is 52.1. The molecule has 0 aliphatic heterocycles. The van der Waals surface area contributed by atoms with Crippen molar-refractivity contribution in [1.29, 1.82) is 0 Å². The molecule has 26 saturated carbocycles. The minimum Gasteiger partial charge on any atom is -0.460 e. The van der Waals surface area contributed by atoms with Crippen molar-refractivity contribution in [2.24, 2.45) is 272 Å². The minimum atomic E-state index is -0.395. The Balaban J connectivity index is 0.000000113. The van der Waals surface area contributed by atoms with Crippen molar-refractivity contribution in [1.82, 2.24) is 0 Å². The lowest BCUT2D eigenvalue weighted by Crippen LogP contribution is -2.60. The standard InChI is InChI=1S/C22H34O2.C21H32O2.C20H34O3.C19H32O3.C19H32O2.C17H28O2.C14H24O2/c1-4-22(17-6-14-5-15(8-17)9-18(22)7-14)24-21(23)20-11-16-10-19(20)13(3)12(16)2;1-11-12(2)18-9-15(11)10-19(18)20(22)23-21(3)16-5-13-4-14(7-16)8-17(21)6-13;1-5-20(4,15-6-8-16(21)9-7-15)23-19(22)18-11-14-10-17(18)13(3)12(14)2;1-11-12(2)16-9-13(11)10-17(16)18(21)22-19(3,4)14-5-7-15(20)8-6-14;1-12-13(2)16-10-14(12)11-17(16)18(20)21-19(3,4)15-8-6-5-7-9-15;1-11-12(2)14-9-13(11)10-15(14)16(18)19-17(3)7-5-4-6-8-17;1-8-9(2)11-6-10(8)7-12(11)13(15)16-14(3,4)5/h12-20H,4-11H2,1-3H3;11-19H,4-10H2,1-3H3;12-18,21H,5-11H2,1-4H3;11-17,20H,5-10H2,1-4H3;12-17H,5-11H2,1-4H3;11-15H,4-10H2,1-3H3;8-12H,6-7H2,1-5H3. The van der Waals surface area contributed by atoms with Crippen LogP contribution in [0, 0.1) is 272 Å². The van der Waals surface area contributed by atoms with Crippen molar-refractivity contribution < 1.29 is 76.9 Å². The van der Waals surface area contributed by atoms with Gasteiger partial charge in [0.25, 0.3) is 0 Å². The SMILES string of the molecule is CC1C2CC(C(=O)OC(C)(C)C)C(C2)C1C.CC1C2CC(C(=O)OC(C)(C)C3CCC(O)CC3)C(C2)C1C.CC1C2CC(C(=O)OC(C)(C)C3CCCCC3)C(C2)C1C.CC1C2CC(C(=O)OC3(C)C4CC5CC(C4)CC3C5)C(C2)C1C.CC1C2CC(C(=O)OC3(C)CCCCC3)C(C2)C1C.CCC(C)(OC(=O)C1CC2CC1C(C)C2C)C1CCC(O)CC1.CCC1(OC(=O)C2CC3CC2C(C)C3C)C2CC3CC(C2)CC1C3. The molecular formula is C132H216O16. The highest BCUT2D eigenvalue weighted by molar-refractivity contribution is 5.78. The monoisotopic (exact) mass is 2060 g/mol. The fourth-order valence-corrected chi connectivity index (χ4v) is 41.1. The van der Waals surface area contributed by atoms with Crippen LogP contribution in [0.5, 0.6) is 0 Å². The number of carbonyl (C=O) groups excluding carboxylic acids is 7. The highest BCUT2D eigenvalue weighted by Gasteiger charge is 2.65. The number of hydrogen-bond acceptors (Lipinski definition) is 16. The first-order chi connectivity index (χ1) is 69.8. The molecule has 0 heterocycles. The molecule has 840 valence electrons. The van der Waals surface area contributed by atoms with Crippen LogP contribution >= 0.6 is 0 Å². The molecule has 0 aromatic rings. The lowest BCUT2D eigenvalue weighted by atomic mass is 9.49. The van der Waals surface area contributed by atoms with Gasteiger partial charge in [-0.1, -0.05) is 136 Å². The second-order valence-electron chi connectivity index (χ2n) is 60.9. The number of aliphatic hydroxyl groups excluding tert-OH is 2. The molecule has 0 aromatic heterocycles. The molecule has 0 saturated heterocycles. The van der Waals surface area contributed by atoms with E-state index in [0.717, 1.165) is 229 Å². The van der Waals surface area contributed by atoms with E-state index < -0.39 is 5.60 Å². The van der Waals surface area contributed by atoms with Gasteiger partial charge >= 0.3 is 41.8 Å². The Morgan fingerprint density at radius 1 is 0.264 bits per heavy atom. The van der Waals surface area contributed by atoms with E-state index in [1.165, 1.54) is 161 Å². The van der Waals surface area contributed by atoms with Crippen LogP contribution in [0.2, 0.25) is 0 Å². The van der Waals surface area contributed by atoms with Crippen molar-refractivity contribution in [3.05, 3.63) is 0 Å². The van der Waals surface area contributed by atoms with Crippen LogP contribution in [-0.2, 0) is 66.7 Å². The van der Waals surface area contributed by atoms with Gasteiger partial charge in [0.15, 0.2) is 0 Å². The van der Waals surface area contributed by atoms with Crippen molar-refractivity contribution in [3.8, 4) is 0 Å². The van der Waals surface area contributed by atoms with Gasteiger partial charge < -0.3 is 43.4 Å². The number of carbonyl (C=O) groups is 7. The quantitative estimate of drug-likeness (QED) is 0.0961. The van der Waals surface area contributed by atoms with Gasteiger partial charge in [-0.05, 0) is 557 Å². The predicted molar refractivity (Wildman–Crippen MR) is 585 cm³/mol. The molecule has 26 aliphatic carbocycles. The highest BCUT2D eigenvalue weighted by Crippen LogP contribution is 2.67. The van der Waals surface area contributed by atoms with Gasteiger partial charge in [-0.15, -0.1) is 0 Å². The van der Waals surface area contributed by atoms with E-state index in [2.05, 4.69) is 159 Å². The molecule has 148 heavy (non-hydrogen) atoms. The van der Waals surface area contributed by atoms with Gasteiger partial charge in [0.1, 0.15) is 39.2 Å². The van der Waals surface area contributed by atoms with Gasteiger partial charge in [-0.3, -0.25) is 33.6 Å². The topological polar surface area (TPSA) is 225 Å². The zero-order valence-electron chi connectivity index (χ0n) is 98.4. The van der Waals surface area contributed by atoms with E-state index in [-0.39, 0.29) is 129 Å². The lowest BCUT2D eigenvalue weighted by Gasteiger charge is -2.60. The van der Waals surface area contributed by atoms with Crippen LogP contribution in [0.15, 0.2) is 0 Å². The molecule has 36 atom stereocenters. The number of ether oxygens (including phenoxy) is 7. The molecule has 0 spiro atoms. The smallest absolute Gasteiger partial charge is 0.309 e. The summed E-state index contributed by atoms with van der Waals surface area (Å²) in [5.74, 6) is 29.4. The average Bonchev–Trinajstić information content (AvgIpc) is 0.938. The molecule has 16 heteroatoms. The van der Waals surface area contributed by atoms with E-state index in [4.69, 9.17) is 33.2 Å². The summed E-state index contributed by atoms with van der Waals surface area (Å²) in [6.45, 7) is 58.0. The third-order valence-electron chi connectivity index (χ3n) is 52.1. The van der Waals surface area contributed by atoms with Crippen molar-refractivity contribution >= 4 is 41.8 Å². The molecule has 22 bridgehead atoms. The largest absolute Gasteiger partial charge is 0.460 e. The van der Waals surface area contributed by atoms with Gasteiger partial charge in [-0.2, -0.15) is 0 Å². The van der Waals surface area contributed by atoms with E-state index in [1.807, 2.05) is 20.8 Å². The van der Waals surface area contributed by atoms with E-state index in [9.17, 15) is 43.8 Å². The van der Waals surface area contributed by atoms with Crippen LogP contribution in [0.1, 0.15) is 463 Å². The molecule has 26 fully saturated rings. The fraction of sp³-hybridized carbons (Fsp3) is 0.947. The van der Waals surface area contributed by atoms with Crippen LogP contribution in [0.3, 0.4) is 0 Å². The maximum absolute atomic E-state index is 13.2. The first kappa shape index (κ1) is 114. The first-order valence-electron chi connectivity index (χ1n) is 63.8. The molecule has 2 N–H and O–H groups in total. The number of fused-ring (bicyclic) bond motifs is 14. The molecular weight excluding hydrogens is 1840 g/mol. The van der Waals surface area contributed by atoms with E-state index in [0.29, 0.717) is 124 Å². The molecule has 36 unspecified atom stereocenters. The van der Waals surface area contributed by atoms with Crippen molar-refractivity contribution in [3.63, 3.8) is 0 Å². The van der Waals surface area contributed by atoms with E-state index >= 15 is 0 Å². The summed E-state index contributed by atoms with van der Waals surface area (Å²) in [4.78, 5) is 89.3. The second kappa shape index (κ2) is 44.8. The molecule has 0 amide bonds. The normalized spacial score (nSPS) is 48.4. The molecule has 0 radical (unpaired) electrons. The Bertz CT molecular complexity index is 4450. The summed E-state index contributed by atoms with van der Waals surface area (Å²) in [6.07, 6.45) is 50.9. The molecule has 0 aromatic carbocycles. The fourth-order valence-electron chi connectivity index (χ4n) is 41.1. The van der Waals surface area contributed by atoms with Gasteiger partial charge in [0.05, 0.1) is 53.6 Å². The summed E-state index contributed by atoms with van der Waals surface area (Å²) in [5.41, 5.74) is -1.75. The maximum atomic E-state index is 13.2. The number of esters is 7. The molecule has 26 aliphatic rings. The Hall–Kier alpha value is -3.79. The average molecular weight is 2060 g/mol. The predicted octanol–water partition coefficient (Wildman–Crippen LogP) is 30.0. The zero-order chi connectivity index (χ0) is 106. The third kappa shape index (κ3) is 22.7. The molecule has 26 rings (SSSR count).